The maximum Gasteiger partial charge on any atom is 0.408 e. The molecular formula is C31H31Cl3N4O5. The van der Waals surface area contributed by atoms with Gasteiger partial charge in [0.2, 0.25) is 0 Å². The molecule has 0 aliphatic carbocycles. The Labute approximate surface area is 264 Å². The average molecular weight is 646 g/mol. The van der Waals surface area contributed by atoms with Crippen LogP contribution >= 0.6 is 34.8 Å². The van der Waals surface area contributed by atoms with Crippen molar-refractivity contribution in [1.29, 1.82) is 0 Å². The van der Waals surface area contributed by atoms with Crippen molar-refractivity contribution in [1.82, 2.24) is 15.1 Å². The second-order valence-electron chi connectivity index (χ2n) is 11.7. The number of aliphatic carboxylic acids is 1. The van der Waals surface area contributed by atoms with E-state index in [0.717, 1.165) is 27.2 Å². The third kappa shape index (κ3) is 5.40. The molecule has 12 heteroatoms. The summed E-state index contributed by atoms with van der Waals surface area (Å²) in [5, 5.41) is 24.4. The average Bonchev–Trinajstić information content (AvgIpc) is 2.93. The number of carbonyl (C=O) groups excluding carboxylic acids is 1. The Hall–Kier alpha value is -3.50. The molecule has 3 amide bonds. The highest BCUT2D eigenvalue weighted by Gasteiger charge is 2.58. The quantitative estimate of drug-likeness (QED) is 0.268. The molecule has 5 rings (SSSR count). The van der Waals surface area contributed by atoms with Crippen LogP contribution < -0.4 is 10.2 Å². The highest BCUT2D eigenvalue weighted by atomic mass is 35.5. The number of piperazine rings is 1. The molecule has 3 N–H and O–H groups in total. The van der Waals surface area contributed by atoms with E-state index in [9.17, 15) is 24.6 Å². The molecule has 2 heterocycles. The van der Waals surface area contributed by atoms with Crippen molar-refractivity contribution in [2.24, 2.45) is 5.41 Å². The number of rotatable bonds is 5. The summed E-state index contributed by atoms with van der Waals surface area (Å²) < 4.78 is 0. The summed E-state index contributed by atoms with van der Waals surface area (Å²) in [5.41, 5.74) is 1.42. The number of carboxylic acid groups (broad SMARTS) is 2. The molecule has 3 aromatic rings. The van der Waals surface area contributed by atoms with E-state index >= 15 is 0 Å². The molecule has 0 aromatic heterocycles. The Kier molecular flexibility index (Phi) is 8.30. The number of carboxylic acids is 1. The first-order valence-corrected chi connectivity index (χ1v) is 14.8. The zero-order chi connectivity index (χ0) is 31.3. The molecule has 1 fully saturated rings. The predicted molar refractivity (Wildman–Crippen MR) is 168 cm³/mol. The molecule has 2 aliphatic heterocycles. The fourth-order valence-corrected chi connectivity index (χ4v) is 6.91. The molecule has 43 heavy (non-hydrogen) atoms. The van der Waals surface area contributed by atoms with Crippen molar-refractivity contribution >= 4 is 64.3 Å². The van der Waals surface area contributed by atoms with E-state index in [1.807, 2.05) is 35.2 Å². The predicted octanol–water partition coefficient (Wildman–Crippen LogP) is 7.34. The number of carbonyl (C=O) groups is 3. The highest BCUT2D eigenvalue weighted by molar-refractivity contribution is 6.40. The maximum atomic E-state index is 13.4. The second-order valence-corrected chi connectivity index (χ2v) is 13.0. The summed E-state index contributed by atoms with van der Waals surface area (Å²) in [4.78, 5) is 42.8. The number of nitrogens with zero attached hydrogens (tertiary/aromatic N) is 3. The van der Waals surface area contributed by atoms with Crippen LogP contribution in [-0.4, -0.2) is 63.3 Å². The van der Waals surface area contributed by atoms with Crippen molar-refractivity contribution in [2.75, 3.05) is 24.5 Å². The molecule has 2 aliphatic rings. The topological polar surface area (TPSA) is 113 Å². The van der Waals surface area contributed by atoms with Crippen LogP contribution in [0.5, 0.6) is 0 Å². The van der Waals surface area contributed by atoms with Crippen LogP contribution in [0.25, 0.3) is 11.1 Å². The minimum absolute atomic E-state index is 0.0188. The molecule has 3 aromatic carbocycles. The van der Waals surface area contributed by atoms with Gasteiger partial charge in [0.05, 0.1) is 21.4 Å². The minimum atomic E-state index is -1.69. The van der Waals surface area contributed by atoms with Crippen LogP contribution in [0.4, 0.5) is 21.0 Å². The van der Waals surface area contributed by atoms with Crippen molar-refractivity contribution in [2.45, 2.75) is 39.4 Å². The van der Waals surface area contributed by atoms with Gasteiger partial charge in [0.15, 0.2) is 5.54 Å². The van der Waals surface area contributed by atoms with Gasteiger partial charge in [-0.3, -0.25) is 14.7 Å². The molecule has 226 valence electrons. The smallest absolute Gasteiger partial charge is 0.408 e. The molecule has 9 nitrogen and oxygen atoms in total. The summed E-state index contributed by atoms with van der Waals surface area (Å²) >= 11 is 19.8. The summed E-state index contributed by atoms with van der Waals surface area (Å²) in [6, 6.07) is 15.8. The normalized spacial score (nSPS) is 19.2. The lowest BCUT2D eigenvalue weighted by molar-refractivity contribution is -0.165. The number of nitrogens with one attached hydrogen (secondary N) is 1. The summed E-state index contributed by atoms with van der Waals surface area (Å²) in [6.07, 6.45) is -1.27. The van der Waals surface area contributed by atoms with Gasteiger partial charge in [-0.25, -0.2) is 14.4 Å². The summed E-state index contributed by atoms with van der Waals surface area (Å²) in [5.74, 6) is -1.20. The van der Waals surface area contributed by atoms with Gasteiger partial charge in [0.25, 0.3) is 0 Å². The zero-order valence-electron chi connectivity index (χ0n) is 23.8. The zero-order valence-corrected chi connectivity index (χ0v) is 26.1. The molecule has 0 bridgehead atoms. The van der Waals surface area contributed by atoms with E-state index in [1.54, 1.807) is 45.0 Å². The largest absolute Gasteiger partial charge is 0.479 e. The van der Waals surface area contributed by atoms with Crippen LogP contribution in [0.1, 0.15) is 31.9 Å². The van der Waals surface area contributed by atoms with E-state index in [4.69, 9.17) is 34.8 Å². The summed E-state index contributed by atoms with van der Waals surface area (Å²) in [7, 11) is 0. The molecule has 1 atom stereocenters. The number of urea groups is 1. The fourth-order valence-electron chi connectivity index (χ4n) is 6.11. The molecule has 0 spiro atoms. The first kappa shape index (κ1) is 30.9. The van der Waals surface area contributed by atoms with Gasteiger partial charge in [0.1, 0.15) is 0 Å². The first-order chi connectivity index (χ1) is 20.3. The number of benzene rings is 3. The lowest BCUT2D eigenvalue weighted by Crippen LogP contribution is -2.72. The monoisotopic (exact) mass is 644 g/mol. The SMILES string of the molecule is CC(C)(C)C1(C(=O)O)CN(Cc2cc(-c3ccccc3Cl)c3c(c2)N(c2c(Cl)cccc2Cl)C(=O)NC3)CCN1C(=O)O. The lowest BCUT2D eigenvalue weighted by atomic mass is 9.71. The van der Waals surface area contributed by atoms with Gasteiger partial charge in [-0.1, -0.05) is 79.8 Å². The van der Waals surface area contributed by atoms with Gasteiger partial charge < -0.3 is 15.5 Å². The van der Waals surface area contributed by atoms with Crippen molar-refractivity contribution in [3.63, 3.8) is 0 Å². The number of anilines is 2. The maximum absolute atomic E-state index is 13.4. The standard InChI is InChI=1S/C31H31Cl3N4O5/c1-30(2,3)31(27(39)40)17-36(11-12-37(31)29(42)43)16-18-13-20(19-7-4-5-8-22(19)32)21-15-35-28(41)38(25(21)14-18)26-23(33)9-6-10-24(26)34/h4-10,13-14H,11-12,15-17H2,1-3H3,(H,35,41)(H,39,40)(H,42,43). The van der Waals surface area contributed by atoms with Gasteiger partial charge in [-0.05, 0) is 46.9 Å². The van der Waals surface area contributed by atoms with Crippen LogP contribution in [0, 0.1) is 5.41 Å². The third-order valence-electron chi connectivity index (χ3n) is 8.26. The summed E-state index contributed by atoms with van der Waals surface area (Å²) in [6.45, 7) is 6.03. The van der Waals surface area contributed by atoms with Crippen molar-refractivity contribution < 1.29 is 24.6 Å². The molecule has 0 saturated carbocycles. The van der Waals surface area contributed by atoms with Crippen LogP contribution in [0.3, 0.4) is 0 Å². The number of hydrogen-bond donors (Lipinski definition) is 3. The lowest BCUT2D eigenvalue weighted by Gasteiger charge is -2.53. The Morgan fingerprint density at radius 1 is 0.930 bits per heavy atom. The van der Waals surface area contributed by atoms with Gasteiger partial charge in [-0.15, -0.1) is 0 Å². The number of fused-ring (bicyclic) bond motifs is 1. The van der Waals surface area contributed by atoms with E-state index in [1.165, 1.54) is 4.90 Å². The first-order valence-electron chi connectivity index (χ1n) is 13.6. The third-order valence-corrected chi connectivity index (χ3v) is 9.20. The van der Waals surface area contributed by atoms with Gasteiger partial charge >= 0.3 is 18.1 Å². The van der Waals surface area contributed by atoms with Crippen molar-refractivity contribution in [3.8, 4) is 11.1 Å². The number of hydrogen-bond acceptors (Lipinski definition) is 4. The second kappa shape index (κ2) is 11.5. The molecule has 0 radical (unpaired) electrons. The Bertz CT molecular complexity index is 1610. The Balaban J connectivity index is 1.66. The number of amides is 3. The van der Waals surface area contributed by atoms with E-state index < -0.39 is 29.0 Å². The van der Waals surface area contributed by atoms with E-state index in [2.05, 4.69) is 5.32 Å². The highest BCUT2D eigenvalue weighted by Crippen LogP contribution is 2.45. The molecule has 1 saturated heterocycles. The number of halogens is 3. The Morgan fingerprint density at radius 2 is 1.58 bits per heavy atom. The molecular weight excluding hydrogens is 615 g/mol. The van der Waals surface area contributed by atoms with E-state index in [-0.39, 0.29) is 26.2 Å². The van der Waals surface area contributed by atoms with Gasteiger partial charge in [0, 0.05) is 48.9 Å². The Morgan fingerprint density at radius 3 is 2.19 bits per heavy atom. The van der Waals surface area contributed by atoms with Crippen LogP contribution in [0.2, 0.25) is 15.1 Å². The van der Waals surface area contributed by atoms with E-state index in [0.29, 0.717) is 33.0 Å². The van der Waals surface area contributed by atoms with Crippen LogP contribution in [-0.2, 0) is 17.9 Å². The minimum Gasteiger partial charge on any atom is -0.479 e. The fraction of sp³-hybridized carbons (Fsp3) is 0.323. The van der Waals surface area contributed by atoms with Crippen LogP contribution in [0.15, 0.2) is 54.6 Å². The van der Waals surface area contributed by atoms with Crippen molar-refractivity contribution in [3.05, 3.63) is 80.8 Å². The number of para-hydroxylation sites is 1. The van der Waals surface area contributed by atoms with Gasteiger partial charge in [-0.2, -0.15) is 0 Å². The molecule has 1 unspecified atom stereocenters.